The minimum atomic E-state index is 0.476. The summed E-state index contributed by atoms with van der Waals surface area (Å²) in [6, 6.07) is 6.25. The monoisotopic (exact) mass is 287 g/mol. The Bertz CT molecular complexity index is 397. The van der Waals surface area contributed by atoms with E-state index in [1.807, 2.05) is 18.2 Å². The van der Waals surface area contributed by atoms with E-state index in [4.69, 9.17) is 27.9 Å². The van der Waals surface area contributed by atoms with E-state index in [0.29, 0.717) is 11.9 Å². The molecule has 1 atom stereocenters. The molecule has 1 fully saturated rings. The normalized spacial score (nSPS) is 20.9. The van der Waals surface area contributed by atoms with Gasteiger partial charge in [0.1, 0.15) is 5.75 Å². The maximum atomic E-state index is 6.06. The number of rotatable bonds is 4. The van der Waals surface area contributed by atoms with Crippen LogP contribution in [0.2, 0.25) is 5.02 Å². The molecule has 18 heavy (non-hydrogen) atoms. The maximum Gasteiger partial charge on any atom is 0.123 e. The zero-order valence-corrected chi connectivity index (χ0v) is 12.2. The van der Waals surface area contributed by atoms with Gasteiger partial charge in [-0.05, 0) is 37.6 Å². The molecule has 1 aliphatic heterocycles. The van der Waals surface area contributed by atoms with Crippen molar-refractivity contribution in [1.29, 1.82) is 0 Å². The molecule has 100 valence electrons. The Balaban J connectivity index is 2.14. The number of alkyl halides is 1. The zero-order chi connectivity index (χ0) is 13.0. The minimum Gasteiger partial charge on any atom is -0.496 e. The average molecular weight is 288 g/mol. The van der Waals surface area contributed by atoms with Gasteiger partial charge in [-0.25, -0.2) is 0 Å². The smallest absolute Gasteiger partial charge is 0.123 e. The predicted octanol–water partition coefficient (Wildman–Crippen LogP) is 3.94. The summed E-state index contributed by atoms with van der Waals surface area (Å²) in [5.74, 6) is 1.60. The van der Waals surface area contributed by atoms with Crippen LogP contribution in [0.1, 0.15) is 24.8 Å². The fourth-order valence-electron chi connectivity index (χ4n) is 2.53. The van der Waals surface area contributed by atoms with Crippen LogP contribution in [0.5, 0.6) is 5.75 Å². The lowest BCUT2D eigenvalue weighted by atomic mass is 10.0. The summed E-state index contributed by atoms with van der Waals surface area (Å²) in [7, 11) is 1.70. The molecule has 2 nitrogen and oxygen atoms in total. The van der Waals surface area contributed by atoms with Gasteiger partial charge in [0, 0.05) is 29.1 Å². The highest BCUT2D eigenvalue weighted by molar-refractivity contribution is 6.30. The second-order valence-electron chi connectivity index (χ2n) is 4.73. The number of hydrogen-bond acceptors (Lipinski definition) is 2. The second kappa shape index (κ2) is 6.65. The molecule has 1 unspecified atom stereocenters. The number of piperidine rings is 1. The molecule has 1 aromatic rings. The van der Waals surface area contributed by atoms with Gasteiger partial charge in [0.2, 0.25) is 0 Å². The van der Waals surface area contributed by atoms with E-state index in [1.54, 1.807) is 7.11 Å². The van der Waals surface area contributed by atoms with Crippen molar-refractivity contribution in [3.8, 4) is 5.75 Å². The molecular formula is C14H19Cl2NO. The van der Waals surface area contributed by atoms with Crippen molar-refractivity contribution in [2.75, 3.05) is 19.5 Å². The van der Waals surface area contributed by atoms with Crippen LogP contribution in [0.3, 0.4) is 0 Å². The summed E-state index contributed by atoms with van der Waals surface area (Å²) < 4.78 is 5.39. The van der Waals surface area contributed by atoms with Gasteiger partial charge in [-0.3, -0.25) is 4.90 Å². The lowest BCUT2D eigenvalue weighted by Gasteiger charge is -2.34. The highest BCUT2D eigenvalue weighted by Gasteiger charge is 2.22. The van der Waals surface area contributed by atoms with Crippen LogP contribution < -0.4 is 4.74 Å². The number of hydrogen-bond donors (Lipinski definition) is 0. The molecule has 0 amide bonds. The molecule has 0 N–H and O–H groups in total. The van der Waals surface area contributed by atoms with E-state index < -0.39 is 0 Å². The van der Waals surface area contributed by atoms with E-state index in [1.165, 1.54) is 19.3 Å². The second-order valence-corrected chi connectivity index (χ2v) is 5.48. The molecule has 1 aliphatic rings. The molecule has 0 spiro atoms. The molecule has 0 radical (unpaired) electrons. The third-order valence-corrected chi connectivity index (χ3v) is 4.13. The van der Waals surface area contributed by atoms with Gasteiger partial charge in [0.05, 0.1) is 7.11 Å². The third-order valence-electron chi connectivity index (χ3n) is 3.54. The largest absolute Gasteiger partial charge is 0.496 e. The number of halogens is 2. The van der Waals surface area contributed by atoms with Crippen LogP contribution in [0.4, 0.5) is 0 Å². The van der Waals surface area contributed by atoms with E-state index in [2.05, 4.69) is 4.90 Å². The van der Waals surface area contributed by atoms with Crippen LogP contribution in [0.25, 0.3) is 0 Å². The topological polar surface area (TPSA) is 12.5 Å². The lowest BCUT2D eigenvalue weighted by molar-refractivity contribution is 0.153. The standard InChI is InChI=1S/C14H19Cl2NO/c1-18-14-6-5-12(16)8-11(14)10-17-7-3-2-4-13(17)9-15/h5-6,8,13H,2-4,7,9-10H2,1H3. The number of nitrogens with zero attached hydrogens (tertiary/aromatic N) is 1. The summed E-state index contributed by atoms with van der Waals surface area (Å²) in [4.78, 5) is 2.44. The Kier molecular flexibility index (Phi) is 5.16. The van der Waals surface area contributed by atoms with Crippen molar-refractivity contribution in [2.45, 2.75) is 31.8 Å². The van der Waals surface area contributed by atoms with Crippen molar-refractivity contribution < 1.29 is 4.74 Å². The fraction of sp³-hybridized carbons (Fsp3) is 0.571. The first-order valence-corrected chi connectivity index (χ1v) is 7.28. The summed E-state index contributed by atoms with van der Waals surface area (Å²) >= 11 is 12.1. The van der Waals surface area contributed by atoms with Crippen LogP contribution >= 0.6 is 23.2 Å². The fourth-order valence-corrected chi connectivity index (χ4v) is 3.08. The van der Waals surface area contributed by atoms with E-state index in [0.717, 1.165) is 29.4 Å². The first-order chi connectivity index (χ1) is 8.74. The Labute approximate surface area is 119 Å². The van der Waals surface area contributed by atoms with Gasteiger partial charge in [-0.2, -0.15) is 0 Å². The van der Waals surface area contributed by atoms with Gasteiger partial charge in [0.25, 0.3) is 0 Å². The highest BCUT2D eigenvalue weighted by atomic mass is 35.5. The number of methoxy groups -OCH3 is 1. The molecule has 0 saturated carbocycles. The number of ether oxygens (including phenoxy) is 1. The van der Waals surface area contributed by atoms with E-state index in [-0.39, 0.29) is 0 Å². The van der Waals surface area contributed by atoms with Gasteiger partial charge in [0.15, 0.2) is 0 Å². The summed E-state index contributed by atoms with van der Waals surface area (Å²) in [6.07, 6.45) is 3.71. The number of benzene rings is 1. The molecule has 1 heterocycles. The zero-order valence-electron chi connectivity index (χ0n) is 10.7. The van der Waals surface area contributed by atoms with E-state index in [9.17, 15) is 0 Å². The summed E-state index contributed by atoms with van der Waals surface area (Å²) in [5.41, 5.74) is 1.14. The molecule has 2 rings (SSSR count). The molecule has 1 saturated heterocycles. The van der Waals surface area contributed by atoms with Crippen molar-refractivity contribution in [1.82, 2.24) is 4.90 Å². The molecule has 4 heteroatoms. The first kappa shape index (κ1) is 14.0. The van der Waals surface area contributed by atoms with Gasteiger partial charge in [-0.1, -0.05) is 18.0 Å². The first-order valence-electron chi connectivity index (χ1n) is 6.37. The average Bonchev–Trinajstić information content (AvgIpc) is 2.40. The van der Waals surface area contributed by atoms with Gasteiger partial charge < -0.3 is 4.74 Å². The molecule has 1 aromatic carbocycles. The van der Waals surface area contributed by atoms with Crippen molar-refractivity contribution in [2.24, 2.45) is 0 Å². The SMILES string of the molecule is COc1ccc(Cl)cc1CN1CCCCC1CCl. The Morgan fingerprint density at radius 1 is 1.39 bits per heavy atom. The van der Waals surface area contributed by atoms with E-state index >= 15 is 0 Å². The van der Waals surface area contributed by atoms with Crippen LogP contribution in [0, 0.1) is 0 Å². The summed E-state index contributed by atoms with van der Waals surface area (Å²) in [6.45, 7) is 1.97. The maximum absolute atomic E-state index is 6.06. The van der Waals surface area contributed by atoms with Crippen molar-refractivity contribution in [3.63, 3.8) is 0 Å². The van der Waals surface area contributed by atoms with Crippen molar-refractivity contribution >= 4 is 23.2 Å². The van der Waals surface area contributed by atoms with Crippen LogP contribution in [0.15, 0.2) is 18.2 Å². The van der Waals surface area contributed by atoms with Gasteiger partial charge in [-0.15, -0.1) is 11.6 Å². The van der Waals surface area contributed by atoms with Crippen LogP contribution in [-0.2, 0) is 6.54 Å². The Morgan fingerprint density at radius 2 is 2.22 bits per heavy atom. The molecule has 0 aliphatic carbocycles. The number of likely N-dealkylation sites (tertiary alicyclic amines) is 1. The van der Waals surface area contributed by atoms with Gasteiger partial charge >= 0.3 is 0 Å². The minimum absolute atomic E-state index is 0.476. The molecule has 0 bridgehead atoms. The van der Waals surface area contributed by atoms with Crippen LogP contribution in [-0.4, -0.2) is 30.5 Å². The van der Waals surface area contributed by atoms with Crippen molar-refractivity contribution in [3.05, 3.63) is 28.8 Å². The predicted molar refractivity (Wildman–Crippen MR) is 76.8 cm³/mol. The lowest BCUT2D eigenvalue weighted by Crippen LogP contribution is -2.40. The Hall–Kier alpha value is -0.440. The Morgan fingerprint density at radius 3 is 2.94 bits per heavy atom. The summed E-state index contributed by atoms with van der Waals surface area (Å²) in [5, 5.41) is 0.755. The quantitative estimate of drug-likeness (QED) is 0.778. The molecule has 0 aromatic heterocycles. The third kappa shape index (κ3) is 3.31. The molecular weight excluding hydrogens is 269 g/mol. The highest BCUT2D eigenvalue weighted by Crippen LogP contribution is 2.27.